The van der Waals surface area contributed by atoms with Gasteiger partial charge in [-0.2, -0.15) is 16.8 Å². The highest BCUT2D eigenvalue weighted by molar-refractivity contribution is 7.86. The van der Waals surface area contributed by atoms with Crippen molar-refractivity contribution < 1.29 is 24.6 Å². The molecule has 0 amide bonds. The quantitative estimate of drug-likeness (QED) is 0.708. The highest BCUT2D eigenvalue weighted by atomic mass is 32.3. The van der Waals surface area contributed by atoms with Gasteiger partial charge in [0.1, 0.15) is 9.79 Å². The number of hydrogen-bond donors (Lipinski definition) is 0. The summed E-state index contributed by atoms with van der Waals surface area (Å²) in [6.07, 6.45) is 0. The van der Waals surface area contributed by atoms with Crippen molar-refractivity contribution in [3.05, 3.63) is 45.5 Å². The fourth-order valence-electron chi connectivity index (χ4n) is 3.85. The number of hydrogen-bond acceptors (Lipinski definition) is 4. The second-order valence-corrected chi connectivity index (χ2v) is 9.12. The maximum Gasteiger partial charge on any atom is 0.332 e. The third kappa shape index (κ3) is 3.40. The summed E-state index contributed by atoms with van der Waals surface area (Å²) in [6, 6.07) is 3.05. The molecular weight excluding hydrogens is 382 g/mol. The first-order valence-electron chi connectivity index (χ1n) is 7.79. The van der Waals surface area contributed by atoms with Crippen LogP contribution in [0.4, 0.5) is 7.77 Å². The molecule has 0 saturated heterocycles. The Labute approximate surface area is 153 Å². The van der Waals surface area contributed by atoms with Crippen LogP contribution in [-0.4, -0.2) is 16.8 Å². The summed E-state index contributed by atoms with van der Waals surface area (Å²) in [6.45, 7) is 9.33. The number of benzene rings is 2. The molecule has 142 valence electrons. The Morgan fingerprint density at radius 1 is 0.577 bits per heavy atom. The maximum absolute atomic E-state index is 13.8. The molecule has 0 N–H and O–H groups in total. The van der Waals surface area contributed by atoms with E-state index >= 15 is 0 Å². The molecule has 26 heavy (non-hydrogen) atoms. The van der Waals surface area contributed by atoms with E-state index in [4.69, 9.17) is 0 Å². The van der Waals surface area contributed by atoms with E-state index in [1.807, 2.05) is 0 Å². The minimum Gasteiger partial charge on any atom is -0.189 e. The Balaban J connectivity index is 3.09. The predicted molar refractivity (Wildman–Crippen MR) is 96.9 cm³/mol. The molecule has 0 bridgehead atoms. The van der Waals surface area contributed by atoms with E-state index in [9.17, 15) is 24.6 Å². The zero-order chi connectivity index (χ0) is 20.2. The van der Waals surface area contributed by atoms with E-state index in [0.29, 0.717) is 22.3 Å². The van der Waals surface area contributed by atoms with Crippen molar-refractivity contribution in [2.75, 3.05) is 0 Å². The van der Waals surface area contributed by atoms with Crippen LogP contribution in [0.25, 0.3) is 11.1 Å². The van der Waals surface area contributed by atoms with Crippen LogP contribution in [0.1, 0.15) is 33.4 Å². The Morgan fingerprint density at radius 3 is 1.08 bits per heavy atom. The van der Waals surface area contributed by atoms with Gasteiger partial charge >= 0.3 is 20.4 Å². The molecular formula is C18H20F2O4S2. The molecule has 4 nitrogen and oxygen atoms in total. The van der Waals surface area contributed by atoms with E-state index in [1.165, 1.54) is 39.8 Å². The van der Waals surface area contributed by atoms with Gasteiger partial charge in [-0.25, -0.2) is 0 Å². The highest BCUT2D eigenvalue weighted by Gasteiger charge is 2.27. The summed E-state index contributed by atoms with van der Waals surface area (Å²) < 4.78 is 74.0. The van der Waals surface area contributed by atoms with Crippen molar-refractivity contribution in [1.82, 2.24) is 0 Å². The van der Waals surface area contributed by atoms with E-state index in [2.05, 4.69) is 0 Å². The second kappa shape index (κ2) is 6.42. The minimum atomic E-state index is -4.98. The van der Waals surface area contributed by atoms with Gasteiger partial charge in [0.2, 0.25) is 0 Å². The topological polar surface area (TPSA) is 68.3 Å². The fraction of sp³-hybridized carbons (Fsp3) is 0.333. The van der Waals surface area contributed by atoms with Gasteiger partial charge in [-0.3, -0.25) is 0 Å². The molecule has 0 aromatic heterocycles. The van der Waals surface area contributed by atoms with Crippen LogP contribution in [0.3, 0.4) is 0 Å². The van der Waals surface area contributed by atoms with Gasteiger partial charge in [-0.15, -0.1) is 7.77 Å². The molecule has 0 aliphatic heterocycles. The molecule has 0 aliphatic rings. The lowest BCUT2D eigenvalue weighted by Crippen LogP contribution is -2.07. The Kier molecular flexibility index (Phi) is 5.07. The van der Waals surface area contributed by atoms with Crippen LogP contribution >= 0.6 is 0 Å². The monoisotopic (exact) mass is 402 g/mol. The van der Waals surface area contributed by atoms with Crippen LogP contribution in [0.15, 0.2) is 21.9 Å². The summed E-state index contributed by atoms with van der Waals surface area (Å²) >= 11 is 0. The summed E-state index contributed by atoms with van der Waals surface area (Å²) in [5.74, 6) is 0. The third-order valence-electron chi connectivity index (χ3n) is 4.54. The van der Waals surface area contributed by atoms with Crippen molar-refractivity contribution in [3.8, 4) is 11.1 Å². The SMILES string of the molecule is Cc1cc(C)c(S(=O)(=O)F)c(C)c1-c1c(C)cc(C)c(S(=O)(=O)F)c1C. The summed E-state index contributed by atoms with van der Waals surface area (Å²) in [5.41, 5.74) is 2.93. The van der Waals surface area contributed by atoms with Crippen LogP contribution in [0.5, 0.6) is 0 Å². The smallest absolute Gasteiger partial charge is 0.189 e. The van der Waals surface area contributed by atoms with Crippen LogP contribution in [0, 0.1) is 41.5 Å². The molecule has 2 aromatic rings. The lowest BCUT2D eigenvalue weighted by Gasteiger charge is -2.21. The van der Waals surface area contributed by atoms with Crippen LogP contribution in [0.2, 0.25) is 0 Å². The van der Waals surface area contributed by atoms with Crippen molar-refractivity contribution >= 4 is 20.4 Å². The first kappa shape index (κ1) is 20.5. The molecule has 0 saturated carbocycles. The van der Waals surface area contributed by atoms with Gasteiger partial charge in [0.15, 0.2) is 0 Å². The first-order chi connectivity index (χ1) is 11.7. The molecule has 0 fully saturated rings. The Hall–Kier alpha value is -1.80. The second-order valence-electron chi connectivity index (χ2n) is 6.55. The molecule has 0 radical (unpaired) electrons. The van der Waals surface area contributed by atoms with Gasteiger partial charge < -0.3 is 0 Å². The summed E-state index contributed by atoms with van der Waals surface area (Å²) in [7, 11) is -9.95. The molecule has 2 rings (SSSR count). The predicted octanol–water partition coefficient (Wildman–Crippen LogP) is 4.52. The van der Waals surface area contributed by atoms with Crippen LogP contribution < -0.4 is 0 Å². The van der Waals surface area contributed by atoms with E-state index in [0.717, 1.165) is 0 Å². The maximum atomic E-state index is 13.8. The summed E-state index contributed by atoms with van der Waals surface area (Å²) in [4.78, 5) is -0.885. The van der Waals surface area contributed by atoms with E-state index in [1.54, 1.807) is 13.8 Å². The average Bonchev–Trinajstić information content (AvgIpc) is 2.37. The van der Waals surface area contributed by atoms with Crippen molar-refractivity contribution in [3.63, 3.8) is 0 Å². The Bertz CT molecular complexity index is 1040. The van der Waals surface area contributed by atoms with Crippen molar-refractivity contribution in [2.24, 2.45) is 0 Å². The molecule has 0 spiro atoms. The van der Waals surface area contributed by atoms with E-state index in [-0.39, 0.29) is 22.3 Å². The fourth-order valence-corrected chi connectivity index (χ4v) is 5.68. The number of rotatable bonds is 3. The molecule has 0 unspecified atom stereocenters. The highest BCUT2D eigenvalue weighted by Crippen LogP contribution is 2.40. The summed E-state index contributed by atoms with van der Waals surface area (Å²) in [5, 5.41) is 0. The first-order valence-corrected chi connectivity index (χ1v) is 10.6. The normalized spacial score (nSPS) is 12.5. The lowest BCUT2D eigenvalue weighted by molar-refractivity contribution is 0.548. The van der Waals surface area contributed by atoms with Gasteiger partial charge in [-0.1, -0.05) is 12.1 Å². The Morgan fingerprint density at radius 2 is 0.846 bits per heavy atom. The van der Waals surface area contributed by atoms with Gasteiger partial charge in [0.25, 0.3) is 0 Å². The van der Waals surface area contributed by atoms with Crippen LogP contribution in [-0.2, 0) is 20.4 Å². The standard InChI is InChI=1S/C18H20F2O4S2/c1-9-7-11(3)17(25(19,21)22)13(5)15(9)16-10(2)8-12(4)18(14(16)6)26(20,23)24/h7-8H,1-6H3. The van der Waals surface area contributed by atoms with E-state index < -0.39 is 30.2 Å². The third-order valence-corrected chi connectivity index (χ3v) is 6.77. The largest absolute Gasteiger partial charge is 0.332 e. The molecule has 8 heteroatoms. The molecule has 0 heterocycles. The lowest BCUT2D eigenvalue weighted by atomic mass is 9.87. The minimum absolute atomic E-state index is 0.169. The average molecular weight is 402 g/mol. The number of halogens is 2. The van der Waals surface area contributed by atoms with Gasteiger partial charge in [-0.05, 0) is 86.1 Å². The van der Waals surface area contributed by atoms with Crippen molar-refractivity contribution in [2.45, 2.75) is 51.3 Å². The molecule has 2 aromatic carbocycles. The zero-order valence-electron chi connectivity index (χ0n) is 15.4. The number of aryl methyl sites for hydroxylation is 4. The van der Waals surface area contributed by atoms with Crippen molar-refractivity contribution in [1.29, 1.82) is 0 Å². The zero-order valence-corrected chi connectivity index (χ0v) is 17.0. The molecule has 0 aliphatic carbocycles. The van der Waals surface area contributed by atoms with Gasteiger partial charge in [0.05, 0.1) is 0 Å². The van der Waals surface area contributed by atoms with Gasteiger partial charge in [0, 0.05) is 0 Å². The molecule has 0 atom stereocenters.